The molecule has 1 heteroatoms. The predicted molar refractivity (Wildman–Crippen MR) is 68.8 cm³/mol. The first-order valence-electron chi connectivity index (χ1n) is 6.04. The van der Waals surface area contributed by atoms with Crippen LogP contribution in [0.1, 0.15) is 51.7 Å². The van der Waals surface area contributed by atoms with E-state index in [0.29, 0.717) is 6.42 Å². The standard InChI is InChI=1S/C15H22O/c1-5-7-13-8-6-9-14(10-13)15(3,4)11-12(2)16/h6,8-10H,5,7,11H2,1-4H3. The van der Waals surface area contributed by atoms with E-state index < -0.39 is 0 Å². The van der Waals surface area contributed by atoms with Crippen LogP contribution in [0.15, 0.2) is 24.3 Å². The summed E-state index contributed by atoms with van der Waals surface area (Å²) < 4.78 is 0. The van der Waals surface area contributed by atoms with Gasteiger partial charge in [-0.05, 0) is 29.9 Å². The number of hydrogen-bond donors (Lipinski definition) is 0. The molecule has 0 N–H and O–H groups in total. The Balaban J connectivity index is 2.93. The fourth-order valence-electron chi connectivity index (χ4n) is 2.16. The molecule has 0 aliphatic heterocycles. The Hall–Kier alpha value is -1.11. The monoisotopic (exact) mass is 218 g/mol. The van der Waals surface area contributed by atoms with Gasteiger partial charge in [-0.15, -0.1) is 0 Å². The van der Waals surface area contributed by atoms with Crippen LogP contribution in [0.2, 0.25) is 0 Å². The van der Waals surface area contributed by atoms with Crippen molar-refractivity contribution < 1.29 is 4.79 Å². The Labute approximate surface area is 98.9 Å². The normalized spacial score (nSPS) is 11.5. The topological polar surface area (TPSA) is 17.1 Å². The molecule has 0 heterocycles. The Morgan fingerprint density at radius 1 is 1.31 bits per heavy atom. The highest BCUT2D eigenvalue weighted by atomic mass is 16.1. The van der Waals surface area contributed by atoms with Crippen LogP contribution in [0.5, 0.6) is 0 Å². The highest BCUT2D eigenvalue weighted by Crippen LogP contribution is 2.28. The third-order valence-corrected chi connectivity index (χ3v) is 2.94. The van der Waals surface area contributed by atoms with Gasteiger partial charge in [-0.1, -0.05) is 51.5 Å². The Kier molecular flexibility index (Phi) is 4.28. The molecule has 1 aromatic rings. The molecule has 16 heavy (non-hydrogen) atoms. The smallest absolute Gasteiger partial charge is 0.130 e. The van der Waals surface area contributed by atoms with E-state index in [1.807, 2.05) is 0 Å². The number of carbonyl (C=O) groups is 1. The molecule has 1 rings (SSSR count). The minimum Gasteiger partial charge on any atom is -0.300 e. The number of hydrogen-bond acceptors (Lipinski definition) is 1. The van der Waals surface area contributed by atoms with Crippen molar-refractivity contribution in [3.8, 4) is 0 Å². The summed E-state index contributed by atoms with van der Waals surface area (Å²) in [5, 5.41) is 0. The van der Waals surface area contributed by atoms with Gasteiger partial charge in [-0.3, -0.25) is 4.79 Å². The zero-order valence-corrected chi connectivity index (χ0v) is 10.8. The van der Waals surface area contributed by atoms with Gasteiger partial charge < -0.3 is 0 Å². The molecule has 0 amide bonds. The maximum Gasteiger partial charge on any atom is 0.130 e. The van der Waals surface area contributed by atoms with Crippen LogP contribution in [0.3, 0.4) is 0 Å². The van der Waals surface area contributed by atoms with Gasteiger partial charge in [-0.2, -0.15) is 0 Å². The molecular formula is C15H22O. The van der Waals surface area contributed by atoms with E-state index >= 15 is 0 Å². The molecule has 0 saturated carbocycles. The second-order valence-electron chi connectivity index (χ2n) is 5.21. The van der Waals surface area contributed by atoms with E-state index in [0.717, 1.165) is 12.8 Å². The summed E-state index contributed by atoms with van der Waals surface area (Å²) in [4.78, 5) is 11.2. The lowest BCUT2D eigenvalue weighted by Crippen LogP contribution is -2.20. The molecule has 0 aromatic heterocycles. The van der Waals surface area contributed by atoms with Gasteiger partial charge in [0.05, 0.1) is 0 Å². The van der Waals surface area contributed by atoms with E-state index in [1.54, 1.807) is 6.92 Å². The zero-order chi connectivity index (χ0) is 12.2. The van der Waals surface area contributed by atoms with E-state index in [-0.39, 0.29) is 11.2 Å². The number of rotatable bonds is 5. The maximum atomic E-state index is 11.2. The molecule has 1 nitrogen and oxygen atoms in total. The highest BCUT2D eigenvalue weighted by molar-refractivity contribution is 5.77. The molecule has 0 spiro atoms. The number of benzene rings is 1. The number of aryl methyl sites for hydroxylation is 1. The summed E-state index contributed by atoms with van der Waals surface area (Å²) in [6.07, 6.45) is 2.89. The highest BCUT2D eigenvalue weighted by Gasteiger charge is 2.22. The molecule has 0 bridgehead atoms. The first-order chi connectivity index (χ1) is 7.45. The zero-order valence-electron chi connectivity index (χ0n) is 10.8. The van der Waals surface area contributed by atoms with E-state index in [9.17, 15) is 4.79 Å². The van der Waals surface area contributed by atoms with Crippen molar-refractivity contribution in [1.82, 2.24) is 0 Å². The SMILES string of the molecule is CCCc1cccc(C(C)(C)CC(C)=O)c1. The van der Waals surface area contributed by atoms with E-state index in [1.165, 1.54) is 11.1 Å². The Bertz CT molecular complexity index is 363. The second kappa shape index (κ2) is 5.29. The summed E-state index contributed by atoms with van der Waals surface area (Å²) >= 11 is 0. The first-order valence-corrected chi connectivity index (χ1v) is 6.04. The van der Waals surface area contributed by atoms with Gasteiger partial charge in [0.2, 0.25) is 0 Å². The summed E-state index contributed by atoms with van der Waals surface area (Å²) in [6, 6.07) is 8.63. The van der Waals surface area contributed by atoms with E-state index in [4.69, 9.17) is 0 Å². The Morgan fingerprint density at radius 3 is 2.56 bits per heavy atom. The van der Waals surface area contributed by atoms with Gasteiger partial charge in [-0.25, -0.2) is 0 Å². The molecule has 88 valence electrons. The number of carbonyl (C=O) groups excluding carboxylic acids is 1. The quantitative estimate of drug-likeness (QED) is 0.732. The van der Waals surface area contributed by atoms with E-state index in [2.05, 4.69) is 45.0 Å². The van der Waals surface area contributed by atoms with Crippen molar-refractivity contribution in [1.29, 1.82) is 0 Å². The Morgan fingerprint density at radius 2 is 2.00 bits per heavy atom. The molecular weight excluding hydrogens is 196 g/mol. The van der Waals surface area contributed by atoms with Crippen LogP contribution in [-0.2, 0) is 16.6 Å². The molecule has 0 aliphatic carbocycles. The fraction of sp³-hybridized carbons (Fsp3) is 0.533. The third-order valence-electron chi connectivity index (χ3n) is 2.94. The fourth-order valence-corrected chi connectivity index (χ4v) is 2.16. The van der Waals surface area contributed by atoms with Crippen molar-refractivity contribution in [2.75, 3.05) is 0 Å². The molecule has 0 fully saturated rings. The lowest BCUT2D eigenvalue weighted by Gasteiger charge is -2.24. The van der Waals surface area contributed by atoms with Gasteiger partial charge in [0.25, 0.3) is 0 Å². The summed E-state index contributed by atoms with van der Waals surface area (Å²) in [7, 11) is 0. The van der Waals surface area contributed by atoms with Crippen molar-refractivity contribution in [3.05, 3.63) is 35.4 Å². The maximum absolute atomic E-state index is 11.2. The van der Waals surface area contributed by atoms with Crippen molar-refractivity contribution >= 4 is 5.78 Å². The predicted octanol–water partition coefficient (Wildman–Crippen LogP) is 3.90. The minimum atomic E-state index is -0.0460. The van der Waals surface area contributed by atoms with Gasteiger partial charge in [0.1, 0.15) is 5.78 Å². The van der Waals surface area contributed by atoms with Crippen LogP contribution in [0, 0.1) is 0 Å². The number of Topliss-reactive ketones (excluding diaryl/α,β-unsaturated/α-hetero) is 1. The van der Waals surface area contributed by atoms with Crippen molar-refractivity contribution in [3.63, 3.8) is 0 Å². The largest absolute Gasteiger partial charge is 0.300 e. The lowest BCUT2D eigenvalue weighted by molar-refractivity contribution is -0.118. The van der Waals surface area contributed by atoms with Crippen LogP contribution in [0.4, 0.5) is 0 Å². The summed E-state index contributed by atoms with van der Waals surface area (Å²) in [5.74, 6) is 0.255. The molecule has 0 aliphatic rings. The molecule has 1 aromatic carbocycles. The molecule has 0 atom stereocenters. The molecule has 0 saturated heterocycles. The van der Waals surface area contributed by atoms with Crippen LogP contribution in [0.25, 0.3) is 0 Å². The van der Waals surface area contributed by atoms with Gasteiger partial charge >= 0.3 is 0 Å². The second-order valence-corrected chi connectivity index (χ2v) is 5.21. The minimum absolute atomic E-state index is 0.0460. The van der Waals surface area contributed by atoms with Crippen LogP contribution >= 0.6 is 0 Å². The van der Waals surface area contributed by atoms with Gasteiger partial charge in [0, 0.05) is 6.42 Å². The summed E-state index contributed by atoms with van der Waals surface area (Å²) in [5.41, 5.74) is 2.60. The average Bonchev–Trinajstić information content (AvgIpc) is 2.16. The van der Waals surface area contributed by atoms with Crippen LogP contribution in [-0.4, -0.2) is 5.78 Å². The van der Waals surface area contributed by atoms with Crippen LogP contribution < -0.4 is 0 Å². The lowest BCUT2D eigenvalue weighted by atomic mass is 9.79. The molecule has 0 unspecified atom stereocenters. The van der Waals surface area contributed by atoms with Gasteiger partial charge in [0.15, 0.2) is 0 Å². The van der Waals surface area contributed by atoms with Crippen molar-refractivity contribution in [2.24, 2.45) is 0 Å². The third kappa shape index (κ3) is 3.48. The first kappa shape index (κ1) is 13.0. The number of ketones is 1. The molecule has 0 radical (unpaired) electrons. The average molecular weight is 218 g/mol. The summed E-state index contributed by atoms with van der Waals surface area (Å²) in [6.45, 7) is 8.13. The van der Waals surface area contributed by atoms with Crippen molar-refractivity contribution in [2.45, 2.75) is 52.4 Å².